The number of imide groups is 1. The van der Waals surface area contributed by atoms with Crippen molar-refractivity contribution in [1.29, 1.82) is 0 Å². The molecule has 2 saturated heterocycles. The van der Waals surface area contributed by atoms with E-state index >= 15 is 0 Å². The van der Waals surface area contributed by atoms with E-state index in [1.807, 2.05) is 0 Å². The third-order valence-corrected chi connectivity index (χ3v) is 9.97. The number of hydrogen-bond donors (Lipinski definition) is 7. The van der Waals surface area contributed by atoms with Gasteiger partial charge in [-0.05, 0) is 90.3 Å². The molecule has 0 spiro atoms. The van der Waals surface area contributed by atoms with Gasteiger partial charge < -0.3 is 56.6 Å². The maximum absolute atomic E-state index is 13.9. The second kappa shape index (κ2) is 22.0. The molecule has 20 nitrogen and oxygen atoms in total. The van der Waals surface area contributed by atoms with Gasteiger partial charge in [0.1, 0.15) is 23.8 Å². The molecule has 3 aliphatic heterocycles. The summed E-state index contributed by atoms with van der Waals surface area (Å²) in [5.74, 6) is -4.59. The number of carbonyl (C=O) groups excluding carboxylic acids is 8. The van der Waals surface area contributed by atoms with Crippen molar-refractivity contribution in [3.8, 4) is 0 Å². The van der Waals surface area contributed by atoms with E-state index < -0.39 is 83.8 Å². The Morgan fingerprint density at radius 1 is 0.871 bits per heavy atom. The summed E-state index contributed by atoms with van der Waals surface area (Å²) >= 11 is 0. The molecule has 2 fully saturated rings. The zero-order chi connectivity index (χ0) is 45.8. The largest absolute Gasteiger partial charge is 0.444 e. The number of benzene rings is 1. The van der Waals surface area contributed by atoms with Gasteiger partial charge in [0, 0.05) is 43.9 Å². The average molecular weight is 871 g/mol. The van der Waals surface area contributed by atoms with Crippen LogP contribution >= 0.6 is 0 Å². The topological polar surface area (TPSA) is 275 Å². The third-order valence-electron chi connectivity index (χ3n) is 9.97. The predicted octanol–water partition coefficient (Wildman–Crippen LogP) is 1.61. The normalized spacial score (nSPS) is 21.2. The first-order valence-corrected chi connectivity index (χ1v) is 21.0. The van der Waals surface area contributed by atoms with Crippen molar-refractivity contribution in [2.24, 2.45) is 11.7 Å². The van der Waals surface area contributed by atoms with Crippen molar-refractivity contribution in [3.63, 3.8) is 0 Å². The van der Waals surface area contributed by atoms with E-state index in [9.17, 15) is 38.4 Å². The van der Waals surface area contributed by atoms with Crippen LogP contribution in [-0.4, -0.2) is 120 Å². The van der Waals surface area contributed by atoms with Gasteiger partial charge in [-0.25, -0.2) is 9.59 Å². The van der Waals surface area contributed by atoms with E-state index in [2.05, 4.69) is 31.9 Å². The molecule has 3 heterocycles. The Hall–Kier alpha value is -5.60. The van der Waals surface area contributed by atoms with Crippen LogP contribution in [0, 0.1) is 5.92 Å². The molecule has 0 aliphatic carbocycles. The van der Waals surface area contributed by atoms with Crippen molar-refractivity contribution in [1.82, 2.24) is 31.5 Å². The molecule has 342 valence electrons. The molecule has 0 aromatic heterocycles. The number of rotatable bonds is 21. The number of nitrogens with two attached hydrogens (primary N) is 1. The van der Waals surface area contributed by atoms with E-state index in [-0.39, 0.29) is 50.1 Å². The number of urea groups is 1. The van der Waals surface area contributed by atoms with E-state index in [0.717, 1.165) is 10.5 Å². The van der Waals surface area contributed by atoms with Crippen LogP contribution in [0.25, 0.3) is 0 Å². The summed E-state index contributed by atoms with van der Waals surface area (Å²) in [5, 5.41) is 16.3. The van der Waals surface area contributed by atoms with Gasteiger partial charge in [-0.1, -0.05) is 32.4 Å². The van der Waals surface area contributed by atoms with Gasteiger partial charge in [0.2, 0.25) is 17.7 Å². The second-order valence-corrected chi connectivity index (χ2v) is 17.2. The Labute approximate surface area is 361 Å². The van der Waals surface area contributed by atoms with Gasteiger partial charge in [-0.15, -0.1) is 0 Å². The van der Waals surface area contributed by atoms with Crippen LogP contribution in [0.4, 0.5) is 15.3 Å². The number of anilines is 1. The van der Waals surface area contributed by atoms with E-state index in [1.165, 1.54) is 12.2 Å². The van der Waals surface area contributed by atoms with E-state index in [4.69, 9.17) is 24.7 Å². The fraction of sp³-hybridized carbons (Fsp3) is 0.619. The smallest absolute Gasteiger partial charge is 0.407 e. The average Bonchev–Trinajstić information content (AvgIpc) is 3.78. The maximum atomic E-state index is 13.9. The van der Waals surface area contributed by atoms with Gasteiger partial charge in [-0.2, -0.15) is 0 Å². The number of amides is 9. The molecule has 20 heteroatoms. The quantitative estimate of drug-likeness (QED) is 0.0686. The first-order valence-electron chi connectivity index (χ1n) is 21.0. The predicted molar refractivity (Wildman–Crippen MR) is 223 cm³/mol. The number of unbranched alkanes of at least 4 members (excludes halogenated alkanes) is 2. The van der Waals surface area contributed by atoms with Crippen LogP contribution in [0.15, 0.2) is 36.4 Å². The van der Waals surface area contributed by atoms with Crippen molar-refractivity contribution >= 4 is 53.3 Å². The molecular weight excluding hydrogens is 809 g/mol. The number of alkyl carbamates (subject to hydrolysis) is 1. The fourth-order valence-corrected chi connectivity index (χ4v) is 6.96. The highest BCUT2D eigenvalue weighted by atomic mass is 16.8. The lowest BCUT2D eigenvalue weighted by Gasteiger charge is -2.29. The molecule has 0 radical (unpaired) electrons. The highest BCUT2D eigenvalue weighted by Gasteiger charge is 2.57. The number of carbonyl (C=O) groups is 8. The zero-order valence-electron chi connectivity index (χ0n) is 36.5. The lowest BCUT2D eigenvalue weighted by molar-refractivity contribution is -0.208. The Bertz CT molecular complexity index is 1810. The molecule has 5 unspecified atom stereocenters. The first-order chi connectivity index (χ1) is 29.1. The summed E-state index contributed by atoms with van der Waals surface area (Å²) in [7, 11) is 0. The van der Waals surface area contributed by atoms with Crippen LogP contribution in [0.2, 0.25) is 0 Å². The number of hydrogen-bond acceptors (Lipinski definition) is 12. The summed E-state index contributed by atoms with van der Waals surface area (Å²) in [4.78, 5) is 103. The minimum Gasteiger partial charge on any atom is -0.444 e. The molecule has 6 atom stereocenters. The summed E-state index contributed by atoms with van der Waals surface area (Å²) < 4.78 is 23.1. The first kappa shape index (κ1) is 49.1. The molecular formula is C42H62N8O12. The number of nitrogens with one attached hydrogen (secondary N) is 6. The monoisotopic (exact) mass is 870 g/mol. The van der Waals surface area contributed by atoms with Crippen molar-refractivity contribution in [2.45, 2.75) is 141 Å². The van der Waals surface area contributed by atoms with Crippen LogP contribution in [0.3, 0.4) is 0 Å². The highest BCUT2D eigenvalue weighted by Crippen LogP contribution is 2.37. The standard InChI is InChI=1S/C42H62N8O12/c1-24(2)31(36(55)47-27(12-11-21-44-39(43)57)35(54)46-26-16-14-25(15-17-26)20-22-45-40(58)62-41(3,4)5)49-37(56)33-32(34-38(59-33)61-42(6,7)60-34)48-28(51)13-9-8-10-23-50-29(52)18-19-30(50)53/h14-19,24,27,31-34,38H,8-13,20-23H2,1-7H3,(H,45,58)(H,46,54)(H,47,55)(H,48,51)(H,49,56)(H3,43,44,57)/t27?,31-,32?,33?,34?,38?/m1/s1. The number of fused-ring (bicyclic) bond motifs is 1. The van der Waals surface area contributed by atoms with Crippen LogP contribution in [-0.2, 0) is 54.1 Å². The van der Waals surface area contributed by atoms with Gasteiger partial charge in [0.05, 0.1) is 6.04 Å². The lowest BCUT2D eigenvalue weighted by Crippen LogP contribution is -2.59. The van der Waals surface area contributed by atoms with E-state index in [0.29, 0.717) is 37.9 Å². The fourth-order valence-electron chi connectivity index (χ4n) is 6.96. The molecule has 0 bridgehead atoms. The summed E-state index contributed by atoms with van der Waals surface area (Å²) in [6, 6.07) is 2.97. The Balaban J connectivity index is 1.37. The van der Waals surface area contributed by atoms with Crippen LogP contribution < -0.4 is 37.6 Å². The minimum atomic E-state index is -1.31. The van der Waals surface area contributed by atoms with Gasteiger partial charge in [0.25, 0.3) is 17.7 Å². The van der Waals surface area contributed by atoms with Crippen molar-refractivity contribution in [2.75, 3.05) is 25.0 Å². The molecule has 8 N–H and O–H groups in total. The molecule has 1 aromatic rings. The maximum Gasteiger partial charge on any atom is 0.407 e. The molecule has 1 aromatic carbocycles. The molecule has 4 rings (SSSR count). The van der Waals surface area contributed by atoms with Crippen molar-refractivity contribution in [3.05, 3.63) is 42.0 Å². The van der Waals surface area contributed by atoms with Gasteiger partial charge in [0.15, 0.2) is 18.2 Å². The zero-order valence-corrected chi connectivity index (χ0v) is 36.5. The molecule has 9 amide bonds. The van der Waals surface area contributed by atoms with Gasteiger partial charge in [-0.3, -0.25) is 33.7 Å². The molecule has 62 heavy (non-hydrogen) atoms. The Morgan fingerprint density at radius 3 is 2.18 bits per heavy atom. The van der Waals surface area contributed by atoms with Gasteiger partial charge >= 0.3 is 12.1 Å². The van der Waals surface area contributed by atoms with E-state index in [1.54, 1.807) is 72.7 Å². The Morgan fingerprint density at radius 2 is 1.55 bits per heavy atom. The summed E-state index contributed by atoms with van der Waals surface area (Å²) in [5.41, 5.74) is 5.92. The summed E-state index contributed by atoms with van der Waals surface area (Å²) in [6.45, 7) is 12.8. The molecule has 0 saturated carbocycles. The number of primary amides is 1. The SMILES string of the molecule is CC(C)[C@@H](NC(=O)C1OC2OC(C)(C)OC2C1NC(=O)CCCCCN1C(=O)C=CC1=O)C(=O)NC(CCCNC(N)=O)C(=O)Nc1ccc(CCNC(=O)OC(C)(C)C)cc1. The Kier molecular flexibility index (Phi) is 17.4. The minimum absolute atomic E-state index is 0.0829. The second-order valence-electron chi connectivity index (χ2n) is 17.2. The molecule has 3 aliphatic rings. The number of ether oxygens (including phenoxy) is 4. The lowest BCUT2D eigenvalue weighted by atomic mass is 10.0. The number of nitrogens with zero attached hydrogens (tertiary/aromatic N) is 1. The third kappa shape index (κ3) is 15.1. The van der Waals surface area contributed by atoms with Crippen LogP contribution in [0.1, 0.15) is 92.6 Å². The highest BCUT2D eigenvalue weighted by molar-refractivity contribution is 6.12. The summed E-state index contributed by atoms with van der Waals surface area (Å²) in [6.07, 6.45) is 1.24. The van der Waals surface area contributed by atoms with Crippen molar-refractivity contribution < 1.29 is 57.3 Å². The van der Waals surface area contributed by atoms with Crippen LogP contribution in [0.5, 0.6) is 0 Å².